The van der Waals surface area contributed by atoms with Gasteiger partial charge >= 0.3 is 23.9 Å². The van der Waals surface area contributed by atoms with Crippen molar-refractivity contribution in [3.8, 4) is 11.5 Å². The number of hydrogen-bond acceptors (Lipinski definition) is 10. The third-order valence-electron chi connectivity index (χ3n) is 7.84. The predicted octanol–water partition coefficient (Wildman–Crippen LogP) is 7.23. The van der Waals surface area contributed by atoms with Crippen molar-refractivity contribution in [3.05, 3.63) is 95.1 Å². The first kappa shape index (κ1) is 41.6. The molecule has 3 aromatic rings. The average Bonchev–Trinajstić information content (AvgIpc) is 3.09. The highest BCUT2D eigenvalue weighted by atomic mass is 28.3. The smallest absolute Gasteiger partial charge is 0.338 e. The molecule has 0 saturated carbocycles. The number of ether oxygens (including phenoxy) is 4. The van der Waals surface area contributed by atoms with Crippen LogP contribution in [-0.2, 0) is 53.1 Å². The molecule has 0 spiro atoms. The lowest BCUT2D eigenvalue weighted by Crippen LogP contribution is -2.28. The van der Waals surface area contributed by atoms with E-state index in [0.717, 1.165) is 22.7 Å². The lowest BCUT2D eigenvalue weighted by Gasteiger charge is -2.19. The van der Waals surface area contributed by atoms with Crippen molar-refractivity contribution in [2.75, 3.05) is 6.61 Å². The van der Waals surface area contributed by atoms with Crippen LogP contribution in [0.2, 0.25) is 25.7 Å². The molecule has 280 valence electrons. The quantitative estimate of drug-likeness (QED) is 0.0580. The normalized spacial score (nSPS) is 11.9. The van der Waals surface area contributed by atoms with E-state index in [2.05, 4.69) is 25.1 Å². The molecule has 3 rings (SSSR count). The zero-order chi connectivity index (χ0) is 38.3. The Balaban J connectivity index is 1.52. The summed E-state index contributed by atoms with van der Waals surface area (Å²) in [4.78, 5) is 67.5. The number of nitrogens with one attached hydrogen (secondary N) is 1. The van der Waals surface area contributed by atoms with Gasteiger partial charge in [-0.15, -0.1) is 0 Å². The molecule has 1 atom stereocenters. The summed E-state index contributed by atoms with van der Waals surface area (Å²) >= 11 is 0. The molecule has 0 fully saturated rings. The van der Waals surface area contributed by atoms with E-state index in [9.17, 15) is 24.0 Å². The molecular formula is C40H51NO10Si. The van der Waals surface area contributed by atoms with Gasteiger partial charge < -0.3 is 18.9 Å². The van der Waals surface area contributed by atoms with Gasteiger partial charge in [-0.2, -0.15) is 0 Å². The van der Waals surface area contributed by atoms with Crippen LogP contribution in [0.4, 0.5) is 0 Å². The van der Waals surface area contributed by atoms with Crippen molar-refractivity contribution in [2.45, 2.75) is 85.9 Å². The molecule has 12 heteroatoms. The van der Waals surface area contributed by atoms with Gasteiger partial charge in [0.25, 0.3) is 0 Å². The molecule has 0 heterocycles. The van der Waals surface area contributed by atoms with E-state index in [1.54, 1.807) is 100 Å². The van der Waals surface area contributed by atoms with Crippen molar-refractivity contribution in [1.29, 1.82) is 0 Å². The summed E-state index contributed by atoms with van der Waals surface area (Å²) in [7, 11) is -1.43. The molecule has 0 saturated heterocycles. The minimum Gasteiger partial charge on any atom is -0.466 e. The molecule has 0 bridgehead atoms. The Morgan fingerprint density at radius 3 is 1.63 bits per heavy atom. The van der Waals surface area contributed by atoms with Gasteiger partial charge in [0.15, 0.2) is 0 Å². The largest absolute Gasteiger partial charge is 0.466 e. The number of amides is 1. The van der Waals surface area contributed by atoms with Gasteiger partial charge in [-0.1, -0.05) is 83.7 Å². The highest BCUT2D eigenvalue weighted by Gasteiger charge is 2.24. The second kappa shape index (κ2) is 20.3. The summed E-state index contributed by atoms with van der Waals surface area (Å²) in [6, 6.07) is 21.2. The number of rotatable bonds is 19. The molecule has 0 aromatic heterocycles. The SMILES string of the molecule is CC(C)C(=O)Oc1ccc(CONC(=O)CCC(Cc2ccc(C(=O)OCc3ccc(OC(=O)C(C)C)cc3)cc2)C(=O)OCC[Si](C)(C)C)cc1. The Morgan fingerprint density at radius 2 is 1.13 bits per heavy atom. The molecule has 0 aliphatic rings. The standard InChI is InChI=1S/C40H51NO10Si/c1-27(2)37(43)50-34-17-10-30(11-18-34)25-48-39(45)32-14-8-29(9-15-32)24-33(40(46)47-22-23-52(5,6)7)16-21-36(42)41-49-26-31-12-19-35(20-13-31)51-38(44)28(3)4/h8-15,17-20,27-28,33H,16,21-26H2,1-7H3,(H,41,42). The first-order chi connectivity index (χ1) is 24.6. The van der Waals surface area contributed by atoms with Crippen molar-refractivity contribution in [2.24, 2.45) is 17.8 Å². The minimum absolute atomic E-state index is 0.0312. The number of hydroxylamine groups is 1. The van der Waals surface area contributed by atoms with Crippen LogP contribution in [0.15, 0.2) is 72.8 Å². The van der Waals surface area contributed by atoms with Gasteiger partial charge in [-0.05, 0) is 72.0 Å². The number of carbonyl (C=O) groups is 5. The van der Waals surface area contributed by atoms with Crippen LogP contribution < -0.4 is 15.0 Å². The van der Waals surface area contributed by atoms with Crippen LogP contribution in [-0.4, -0.2) is 44.5 Å². The highest BCUT2D eigenvalue weighted by Crippen LogP contribution is 2.20. The lowest BCUT2D eigenvalue weighted by atomic mass is 9.94. The number of carbonyl (C=O) groups excluding carboxylic acids is 5. The van der Waals surface area contributed by atoms with E-state index < -0.39 is 20.0 Å². The van der Waals surface area contributed by atoms with Gasteiger partial charge in [0, 0.05) is 14.5 Å². The molecule has 0 aliphatic carbocycles. The van der Waals surface area contributed by atoms with Gasteiger partial charge in [-0.3, -0.25) is 24.0 Å². The third-order valence-corrected chi connectivity index (χ3v) is 9.55. The molecule has 3 aromatic carbocycles. The van der Waals surface area contributed by atoms with Crippen molar-refractivity contribution < 1.29 is 47.8 Å². The maximum absolute atomic E-state index is 13.2. The first-order valence-corrected chi connectivity index (χ1v) is 21.2. The summed E-state index contributed by atoms with van der Waals surface area (Å²) in [5.41, 5.74) is 5.08. The van der Waals surface area contributed by atoms with E-state index in [1.165, 1.54) is 0 Å². The fourth-order valence-corrected chi connectivity index (χ4v) is 5.22. The van der Waals surface area contributed by atoms with Crippen LogP contribution >= 0.6 is 0 Å². The van der Waals surface area contributed by atoms with Crippen LogP contribution in [0, 0.1) is 17.8 Å². The fourth-order valence-electron chi connectivity index (χ4n) is 4.50. The van der Waals surface area contributed by atoms with Gasteiger partial charge in [0.05, 0.1) is 36.5 Å². The molecule has 1 N–H and O–H groups in total. The predicted molar refractivity (Wildman–Crippen MR) is 198 cm³/mol. The van der Waals surface area contributed by atoms with Crippen LogP contribution in [0.5, 0.6) is 11.5 Å². The van der Waals surface area contributed by atoms with Gasteiger partial charge in [0.2, 0.25) is 5.91 Å². The topological polar surface area (TPSA) is 144 Å². The van der Waals surface area contributed by atoms with E-state index in [-0.39, 0.29) is 61.7 Å². The summed E-state index contributed by atoms with van der Waals surface area (Å²) in [6.07, 6.45) is 0.580. The summed E-state index contributed by atoms with van der Waals surface area (Å²) in [6.45, 7) is 14.1. The van der Waals surface area contributed by atoms with E-state index in [0.29, 0.717) is 30.1 Å². The molecule has 11 nitrogen and oxygen atoms in total. The Hall–Kier alpha value is -4.81. The van der Waals surface area contributed by atoms with Gasteiger partial charge in [0.1, 0.15) is 18.1 Å². The summed E-state index contributed by atoms with van der Waals surface area (Å²) in [5.74, 6) is -2.15. The summed E-state index contributed by atoms with van der Waals surface area (Å²) < 4.78 is 21.7. The van der Waals surface area contributed by atoms with Crippen molar-refractivity contribution >= 4 is 37.9 Å². The highest BCUT2D eigenvalue weighted by molar-refractivity contribution is 6.76. The van der Waals surface area contributed by atoms with E-state index in [4.69, 9.17) is 23.8 Å². The summed E-state index contributed by atoms with van der Waals surface area (Å²) in [5, 5.41) is 0. The van der Waals surface area contributed by atoms with Crippen LogP contribution in [0.3, 0.4) is 0 Å². The molecular weight excluding hydrogens is 683 g/mol. The average molecular weight is 734 g/mol. The molecule has 0 radical (unpaired) electrons. The maximum atomic E-state index is 13.2. The van der Waals surface area contributed by atoms with Gasteiger partial charge in [-0.25, -0.2) is 10.3 Å². The molecule has 1 unspecified atom stereocenters. The first-order valence-electron chi connectivity index (χ1n) is 17.5. The second-order valence-corrected chi connectivity index (χ2v) is 20.1. The maximum Gasteiger partial charge on any atom is 0.338 e. The second-order valence-electron chi connectivity index (χ2n) is 14.4. The monoisotopic (exact) mass is 733 g/mol. The Kier molecular flexibility index (Phi) is 16.2. The number of esters is 4. The van der Waals surface area contributed by atoms with E-state index >= 15 is 0 Å². The zero-order valence-corrected chi connectivity index (χ0v) is 32.2. The molecule has 52 heavy (non-hydrogen) atoms. The van der Waals surface area contributed by atoms with Crippen molar-refractivity contribution in [3.63, 3.8) is 0 Å². The molecule has 1 amide bonds. The van der Waals surface area contributed by atoms with Crippen molar-refractivity contribution in [1.82, 2.24) is 5.48 Å². The van der Waals surface area contributed by atoms with Crippen LogP contribution in [0.1, 0.15) is 67.6 Å². The van der Waals surface area contributed by atoms with E-state index in [1.807, 2.05) is 0 Å². The number of benzene rings is 3. The Morgan fingerprint density at radius 1 is 0.635 bits per heavy atom. The lowest BCUT2D eigenvalue weighted by molar-refractivity contribution is -0.148. The molecule has 0 aliphatic heterocycles. The zero-order valence-electron chi connectivity index (χ0n) is 31.2. The Labute approximate surface area is 307 Å². The fraction of sp³-hybridized carbons (Fsp3) is 0.425. The Bertz CT molecular complexity index is 1630. The third kappa shape index (κ3) is 15.2. The minimum atomic E-state index is -1.43. The number of hydrogen-bond donors (Lipinski definition) is 1. The van der Waals surface area contributed by atoms with Crippen LogP contribution in [0.25, 0.3) is 0 Å².